The van der Waals surface area contributed by atoms with E-state index in [9.17, 15) is 9.59 Å². The molecule has 0 spiro atoms. The summed E-state index contributed by atoms with van der Waals surface area (Å²) in [4.78, 5) is 32.7. The molecule has 31 heavy (non-hydrogen) atoms. The van der Waals surface area contributed by atoms with Crippen LogP contribution < -0.4 is 9.47 Å². The van der Waals surface area contributed by atoms with Crippen molar-refractivity contribution in [3.05, 3.63) is 46.2 Å². The molecule has 7 nitrogen and oxygen atoms in total. The summed E-state index contributed by atoms with van der Waals surface area (Å²) in [6, 6.07) is 9.36. The van der Waals surface area contributed by atoms with Crippen LogP contribution in [0.15, 0.2) is 35.7 Å². The number of amides is 2. The molecule has 1 aromatic carbocycles. The maximum absolute atomic E-state index is 13.2. The molecule has 2 aromatic rings. The second-order valence-electron chi connectivity index (χ2n) is 7.92. The van der Waals surface area contributed by atoms with Gasteiger partial charge in [-0.15, -0.1) is 11.3 Å². The zero-order valence-electron chi connectivity index (χ0n) is 18.1. The molecule has 0 bridgehead atoms. The number of hydrogen-bond donors (Lipinski definition) is 0. The Hall–Kier alpha value is -2.58. The number of rotatable bonds is 6. The van der Waals surface area contributed by atoms with E-state index in [4.69, 9.17) is 9.47 Å². The number of likely N-dealkylation sites (tertiary alicyclic amines) is 1. The molecule has 0 aliphatic carbocycles. The van der Waals surface area contributed by atoms with Crippen LogP contribution in [0.1, 0.15) is 28.1 Å². The van der Waals surface area contributed by atoms with Gasteiger partial charge in [-0.1, -0.05) is 12.1 Å². The Labute approximate surface area is 187 Å². The Kier molecular flexibility index (Phi) is 6.77. The summed E-state index contributed by atoms with van der Waals surface area (Å²) in [5.41, 5.74) is 1.15. The van der Waals surface area contributed by atoms with Gasteiger partial charge in [0.1, 0.15) is 6.04 Å². The normalized spacial score (nSPS) is 19.5. The first-order valence-electron chi connectivity index (χ1n) is 10.7. The smallest absolute Gasteiger partial charge is 0.264 e. The molecule has 2 aliphatic heterocycles. The van der Waals surface area contributed by atoms with Crippen LogP contribution in [0.2, 0.25) is 0 Å². The summed E-state index contributed by atoms with van der Waals surface area (Å²) >= 11 is 1.43. The van der Waals surface area contributed by atoms with Crippen molar-refractivity contribution in [1.29, 1.82) is 0 Å². The van der Waals surface area contributed by atoms with E-state index in [-0.39, 0.29) is 17.9 Å². The Balaban J connectivity index is 1.33. The lowest BCUT2D eigenvalue weighted by Crippen LogP contribution is -2.54. The van der Waals surface area contributed by atoms with Gasteiger partial charge in [0.15, 0.2) is 11.5 Å². The predicted molar refractivity (Wildman–Crippen MR) is 120 cm³/mol. The molecule has 4 rings (SSSR count). The number of methoxy groups -OCH3 is 2. The fourth-order valence-electron chi connectivity index (χ4n) is 4.38. The van der Waals surface area contributed by atoms with E-state index in [1.165, 1.54) is 11.3 Å². The van der Waals surface area contributed by atoms with Gasteiger partial charge in [0.25, 0.3) is 5.91 Å². The second kappa shape index (κ2) is 9.70. The third kappa shape index (κ3) is 4.70. The number of piperazine rings is 1. The number of carbonyl (C=O) groups excluding carboxylic acids is 2. The predicted octanol–water partition coefficient (Wildman–Crippen LogP) is 2.71. The molecule has 0 N–H and O–H groups in total. The Morgan fingerprint density at radius 2 is 1.81 bits per heavy atom. The molecule has 8 heteroatoms. The SMILES string of the molecule is COc1ccc(CN2CCN(C(=O)[C@@H]3CCCN3C(=O)c3cccs3)CC2)cc1OC. The number of ether oxygens (including phenoxy) is 2. The van der Waals surface area contributed by atoms with Gasteiger partial charge in [0.2, 0.25) is 5.91 Å². The van der Waals surface area contributed by atoms with Crippen molar-refractivity contribution in [3.63, 3.8) is 0 Å². The third-order valence-electron chi connectivity index (χ3n) is 6.07. The molecule has 1 aromatic heterocycles. The van der Waals surface area contributed by atoms with Crippen LogP contribution in [0.5, 0.6) is 11.5 Å². The average Bonchev–Trinajstić information content (AvgIpc) is 3.51. The van der Waals surface area contributed by atoms with Gasteiger partial charge < -0.3 is 19.3 Å². The van der Waals surface area contributed by atoms with E-state index < -0.39 is 0 Å². The summed E-state index contributed by atoms with van der Waals surface area (Å²) in [5, 5.41) is 1.90. The minimum Gasteiger partial charge on any atom is -0.493 e. The first-order valence-corrected chi connectivity index (χ1v) is 11.5. The summed E-state index contributed by atoms with van der Waals surface area (Å²) < 4.78 is 10.7. The summed E-state index contributed by atoms with van der Waals surface area (Å²) in [6.07, 6.45) is 1.63. The van der Waals surface area contributed by atoms with E-state index in [0.29, 0.717) is 24.5 Å². The van der Waals surface area contributed by atoms with Crippen molar-refractivity contribution in [3.8, 4) is 11.5 Å². The molecule has 3 heterocycles. The highest BCUT2D eigenvalue weighted by molar-refractivity contribution is 7.12. The minimum absolute atomic E-state index is 0.0158. The van der Waals surface area contributed by atoms with Crippen LogP contribution in [0.4, 0.5) is 0 Å². The number of benzene rings is 1. The van der Waals surface area contributed by atoms with E-state index in [0.717, 1.165) is 49.5 Å². The molecule has 0 saturated carbocycles. The number of hydrogen-bond acceptors (Lipinski definition) is 6. The molecule has 2 fully saturated rings. The van der Waals surface area contributed by atoms with Crippen molar-refractivity contribution in [2.45, 2.75) is 25.4 Å². The fraction of sp³-hybridized carbons (Fsp3) is 0.478. The Bertz CT molecular complexity index is 910. The summed E-state index contributed by atoms with van der Waals surface area (Å²) in [5.74, 6) is 1.52. The van der Waals surface area contributed by atoms with Crippen molar-refractivity contribution >= 4 is 23.2 Å². The molecule has 2 saturated heterocycles. The van der Waals surface area contributed by atoms with E-state index in [2.05, 4.69) is 4.90 Å². The van der Waals surface area contributed by atoms with E-state index in [1.807, 2.05) is 40.6 Å². The molecule has 0 unspecified atom stereocenters. The molecule has 0 radical (unpaired) electrons. The lowest BCUT2D eigenvalue weighted by atomic mass is 10.1. The average molecular weight is 444 g/mol. The summed E-state index contributed by atoms with van der Waals surface area (Å²) in [6.45, 7) is 4.45. The van der Waals surface area contributed by atoms with Crippen molar-refractivity contribution in [1.82, 2.24) is 14.7 Å². The van der Waals surface area contributed by atoms with E-state index >= 15 is 0 Å². The number of nitrogens with zero attached hydrogens (tertiary/aromatic N) is 3. The topological polar surface area (TPSA) is 62.3 Å². The lowest BCUT2D eigenvalue weighted by Gasteiger charge is -2.37. The van der Waals surface area contributed by atoms with Crippen molar-refractivity contribution in [2.24, 2.45) is 0 Å². The van der Waals surface area contributed by atoms with Crippen LogP contribution in [0, 0.1) is 0 Å². The molecular weight excluding hydrogens is 414 g/mol. The van der Waals surface area contributed by atoms with Gasteiger partial charge in [0.05, 0.1) is 19.1 Å². The van der Waals surface area contributed by atoms with Gasteiger partial charge in [0, 0.05) is 39.3 Å². The molecule has 166 valence electrons. The van der Waals surface area contributed by atoms with Gasteiger partial charge in [-0.3, -0.25) is 14.5 Å². The molecule has 2 amide bonds. The molecular formula is C23H29N3O4S. The minimum atomic E-state index is -0.327. The van der Waals surface area contributed by atoms with Crippen molar-refractivity contribution < 1.29 is 19.1 Å². The van der Waals surface area contributed by atoms with Crippen LogP contribution in [0.25, 0.3) is 0 Å². The quantitative estimate of drug-likeness (QED) is 0.687. The fourth-order valence-corrected chi connectivity index (χ4v) is 5.06. The zero-order chi connectivity index (χ0) is 21.8. The molecule has 1 atom stereocenters. The highest BCUT2D eigenvalue weighted by Crippen LogP contribution is 2.28. The van der Waals surface area contributed by atoms with Crippen LogP contribution in [-0.2, 0) is 11.3 Å². The van der Waals surface area contributed by atoms with Crippen LogP contribution in [-0.4, -0.2) is 79.5 Å². The second-order valence-corrected chi connectivity index (χ2v) is 8.87. The summed E-state index contributed by atoms with van der Waals surface area (Å²) in [7, 11) is 3.27. The number of carbonyl (C=O) groups is 2. The highest BCUT2D eigenvalue weighted by Gasteiger charge is 2.37. The van der Waals surface area contributed by atoms with Gasteiger partial charge in [-0.25, -0.2) is 0 Å². The highest BCUT2D eigenvalue weighted by atomic mass is 32.1. The first-order chi connectivity index (χ1) is 15.1. The Morgan fingerprint density at radius 3 is 2.48 bits per heavy atom. The standard InChI is InChI=1S/C23H29N3O4S/c1-29-19-8-7-17(15-20(19)30-2)16-24-10-12-25(13-11-24)22(27)18-5-3-9-26(18)23(28)21-6-4-14-31-21/h4,6-8,14-15,18H,3,5,9-13,16H2,1-2H3/t18-/m0/s1. The third-order valence-corrected chi connectivity index (χ3v) is 6.93. The lowest BCUT2D eigenvalue weighted by molar-refractivity contribution is -0.137. The van der Waals surface area contributed by atoms with Gasteiger partial charge >= 0.3 is 0 Å². The van der Waals surface area contributed by atoms with Gasteiger partial charge in [-0.2, -0.15) is 0 Å². The van der Waals surface area contributed by atoms with Crippen molar-refractivity contribution in [2.75, 3.05) is 46.9 Å². The largest absolute Gasteiger partial charge is 0.493 e. The first kappa shape index (κ1) is 21.6. The van der Waals surface area contributed by atoms with E-state index in [1.54, 1.807) is 19.1 Å². The monoisotopic (exact) mass is 443 g/mol. The Morgan fingerprint density at radius 1 is 1.03 bits per heavy atom. The van der Waals surface area contributed by atoms with Crippen LogP contribution in [0.3, 0.4) is 0 Å². The van der Waals surface area contributed by atoms with Gasteiger partial charge in [-0.05, 0) is 42.0 Å². The maximum atomic E-state index is 13.2. The maximum Gasteiger partial charge on any atom is 0.264 e. The molecule has 2 aliphatic rings. The van der Waals surface area contributed by atoms with Crippen LogP contribution >= 0.6 is 11.3 Å². The zero-order valence-corrected chi connectivity index (χ0v) is 18.9. The number of thiophene rings is 1.